The van der Waals surface area contributed by atoms with Gasteiger partial charge in [0.15, 0.2) is 0 Å². The molecule has 2 aliphatic rings. The number of nitrogens with zero attached hydrogens (tertiary/aromatic N) is 1. The molecular weight excluding hydrogens is 297 g/mol. The van der Waals surface area contributed by atoms with Crippen molar-refractivity contribution in [2.45, 2.75) is 31.7 Å². The maximum atomic E-state index is 13.9. The van der Waals surface area contributed by atoms with Gasteiger partial charge in [-0.3, -0.25) is 9.59 Å². The molecule has 1 saturated heterocycles. The lowest BCUT2D eigenvalue weighted by Crippen LogP contribution is -2.52. The number of carbonyl (C=O) groups excluding carboxylic acids is 2. The maximum Gasteiger partial charge on any atom is 0.235 e. The molecule has 1 aromatic rings. The van der Waals surface area contributed by atoms with Gasteiger partial charge in [0.1, 0.15) is 11.2 Å². The van der Waals surface area contributed by atoms with Crippen LogP contribution in [0.4, 0.5) is 10.1 Å². The Bertz CT molecular complexity index is 616. The summed E-state index contributed by atoms with van der Waals surface area (Å²) >= 11 is 0. The van der Waals surface area contributed by atoms with Crippen LogP contribution in [0.15, 0.2) is 24.3 Å². The van der Waals surface area contributed by atoms with Crippen LogP contribution in [0.1, 0.15) is 25.7 Å². The topological polar surface area (TPSA) is 61.4 Å². The Morgan fingerprint density at radius 2 is 2.00 bits per heavy atom. The van der Waals surface area contributed by atoms with Crippen LogP contribution < -0.4 is 15.5 Å². The maximum absolute atomic E-state index is 13.9. The number of piperidine rings is 1. The van der Waals surface area contributed by atoms with Crippen molar-refractivity contribution in [3.8, 4) is 0 Å². The van der Waals surface area contributed by atoms with Crippen molar-refractivity contribution < 1.29 is 14.0 Å². The first-order valence-corrected chi connectivity index (χ1v) is 8.09. The largest absolute Gasteiger partial charge is 0.367 e. The Balaban J connectivity index is 1.65. The predicted molar refractivity (Wildman–Crippen MR) is 85.5 cm³/mol. The van der Waals surface area contributed by atoms with Crippen molar-refractivity contribution in [1.82, 2.24) is 10.6 Å². The van der Waals surface area contributed by atoms with Crippen molar-refractivity contribution in [2.75, 3.05) is 25.0 Å². The third kappa shape index (κ3) is 3.02. The molecule has 6 heteroatoms. The summed E-state index contributed by atoms with van der Waals surface area (Å²) in [6.45, 7) is 1.34. The van der Waals surface area contributed by atoms with E-state index >= 15 is 0 Å². The first-order chi connectivity index (χ1) is 11.1. The number of benzene rings is 1. The average Bonchev–Trinajstić information content (AvgIpc) is 3.36. The molecule has 1 atom stereocenters. The van der Waals surface area contributed by atoms with E-state index < -0.39 is 5.41 Å². The van der Waals surface area contributed by atoms with Crippen LogP contribution in [0.25, 0.3) is 0 Å². The van der Waals surface area contributed by atoms with E-state index in [1.807, 2.05) is 11.0 Å². The van der Waals surface area contributed by atoms with Crippen LogP contribution in [0.2, 0.25) is 0 Å². The molecule has 1 aliphatic carbocycles. The van der Waals surface area contributed by atoms with Crippen molar-refractivity contribution in [3.05, 3.63) is 30.1 Å². The van der Waals surface area contributed by atoms with Crippen LogP contribution >= 0.6 is 0 Å². The number of halogens is 1. The van der Waals surface area contributed by atoms with Crippen LogP contribution in [0.5, 0.6) is 0 Å². The highest BCUT2D eigenvalue weighted by Gasteiger charge is 2.56. The molecule has 0 bridgehead atoms. The summed E-state index contributed by atoms with van der Waals surface area (Å²) in [7, 11) is 1.55. The Morgan fingerprint density at radius 3 is 2.65 bits per heavy atom. The minimum absolute atomic E-state index is 0.0574. The van der Waals surface area contributed by atoms with Gasteiger partial charge in [0, 0.05) is 26.2 Å². The van der Waals surface area contributed by atoms with Crippen LogP contribution in [0.3, 0.4) is 0 Å². The molecule has 1 heterocycles. The summed E-state index contributed by atoms with van der Waals surface area (Å²) in [5.41, 5.74) is -0.312. The lowest BCUT2D eigenvalue weighted by molar-refractivity contribution is -0.137. The van der Waals surface area contributed by atoms with Gasteiger partial charge in [-0.25, -0.2) is 4.39 Å². The van der Waals surface area contributed by atoms with Gasteiger partial charge in [-0.1, -0.05) is 12.1 Å². The second kappa shape index (κ2) is 6.18. The first-order valence-electron chi connectivity index (χ1n) is 8.09. The van der Waals surface area contributed by atoms with E-state index in [4.69, 9.17) is 0 Å². The van der Waals surface area contributed by atoms with E-state index in [-0.39, 0.29) is 23.7 Å². The van der Waals surface area contributed by atoms with E-state index in [9.17, 15) is 14.0 Å². The quantitative estimate of drug-likeness (QED) is 0.826. The van der Waals surface area contributed by atoms with E-state index in [1.165, 1.54) is 6.07 Å². The number of para-hydroxylation sites is 1. The molecule has 3 rings (SSSR count). The number of hydrogen-bond acceptors (Lipinski definition) is 3. The molecule has 23 heavy (non-hydrogen) atoms. The summed E-state index contributed by atoms with van der Waals surface area (Å²) in [5.74, 6) is -0.655. The van der Waals surface area contributed by atoms with Gasteiger partial charge >= 0.3 is 0 Å². The zero-order valence-electron chi connectivity index (χ0n) is 13.3. The standard InChI is InChI=1S/C17H22FN3O2/c1-19-15(22)17(8-9-17)16(23)20-12-5-4-10-21(11-12)14-7-3-2-6-13(14)18/h2-3,6-7,12H,4-5,8-11H2,1H3,(H,19,22)(H,20,23). The second-order valence-electron chi connectivity index (χ2n) is 6.37. The molecule has 2 amide bonds. The van der Waals surface area contributed by atoms with Crippen molar-refractivity contribution in [2.24, 2.45) is 5.41 Å². The number of nitrogens with one attached hydrogen (secondary N) is 2. The van der Waals surface area contributed by atoms with Gasteiger partial charge in [-0.05, 0) is 37.8 Å². The summed E-state index contributed by atoms with van der Waals surface area (Å²) in [6.07, 6.45) is 2.93. The van der Waals surface area contributed by atoms with Crippen molar-refractivity contribution >= 4 is 17.5 Å². The van der Waals surface area contributed by atoms with Gasteiger partial charge in [-0.15, -0.1) is 0 Å². The van der Waals surface area contributed by atoms with E-state index in [0.29, 0.717) is 25.1 Å². The SMILES string of the molecule is CNC(=O)C1(C(=O)NC2CCCN(c3ccccc3F)C2)CC1. The Labute approximate surface area is 135 Å². The first kappa shape index (κ1) is 15.8. The monoisotopic (exact) mass is 319 g/mol. The average molecular weight is 319 g/mol. The highest BCUT2D eigenvalue weighted by Crippen LogP contribution is 2.46. The summed E-state index contributed by atoms with van der Waals surface area (Å²) in [5, 5.41) is 5.56. The molecule has 0 radical (unpaired) electrons. The van der Waals surface area contributed by atoms with Gasteiger partial charge in [0.2, 0.25) is 11.8 Å². The number of amides is 2. The second-order valence-corrected chi connectivity index (χ2v) is 6.37. The lowest BCUT2D eigenvalue weighted by Gasteiger charge is -2.35. The lowest BCUT2D eigenvalue weighted by atomic mass is 10.0. The van der Waals surface area contributed by atoms with E-state index in [0.717, 1.165) is 19.4 Å². The number of anilines is 1. The highest BCUT2D eigenvalue weighted by molar-refractivity contribution is 6.07. The predicted octanol–water partition coefficient (Wildman–Crippen LogP) is 1.44. The number of hydrogen-bond donors (Lipinski definition) is 2. The van der Waals surface area contributed by atoms with Crippen LogP contribution in [-0.2, 0) is 9.59 Å². The molecule has 1 unspecified atom stereocenters. The molecule has 1 aromatic carbocycles. The zero-order valence-corrected chi connectivity index (χ0v) is 13.3. The molecular formula is C17H22FN3O2. The van der Waals surface area contributed by atoms with Crippen molar-refractivity contribution in [3.63, 3.8) is 0 Å². The fourth-order valence-corrected chi connectivity index (χ4v) is 3.27. The summed E-state index contributed by atoms with van der Waals surface area (Å²) < 4.78 is 13.9. The Hall–Kier alpha value is -2.11. The minimum atomic E-state index is -0.880. The van der Waals surface area contributed by atoms with Gasteiger partial charge in [0.25, 0.3) is 0 Å². The van der Waals surface area contributed by atoms with Crippen LogP contribution in [-0.4, -0.2) is 38.0 Å². The Morgan fingerprint density at radius 1 is 1.26 bits per heavy atom. The van der Waals surface area contributed by atoms with Crippen LogP contribution in [0, 0.1) is 11.2 Å². The summed E-state index contributed by atoms with van der Waals surface area (Å²) in [6, 6.07) is 6.63. The molecule has 1 aliphatic heterocycles. The normalized spacial score (nSPS) is 22.3. The molecule has 1 saturated carbocycles. The van der Waals surface area contributed by atoms with Gasteiger partial charge in [0.05, 0.1) is 5.69 Å². The highest BCUT2D eigenvalue weighted by atomic mass is 19.1. The molecule has 2 fully saturated rings. The summed E-state index contributed by atoms with van der Waals surface area (Å²) in [4.78, 5) is 26.3. The molecule has 5 nitrogen and oxygen atoms in total. The molecule has 124 valence electrons. The number of carbonyl (C=O) groups is 2. The third-order valence-corrected chi connectivity index (χ3v) is 4.80. The fraction of sp³-hybridized carbons (Fsp3) is 0.529. The molecule has 0 aromatic heterocycles. The van der Waals surface area contributed by atoms with Gasteiger partial charge in [-0.2, -0.15) is 0 Å². The van der Waals surface area contributed by atoms with E-state index in [2.05, 4.69) is 10.6 Å². The zero-order chi connectivity index (χ0) is 16.4. The van der Waals surface area contributed by atoms with Crippen molar-refractivity contribution in [1.29, 1.82) is 0 Å². The molecule has 2 N–H and O–H groups in total. The minimum Gasteiger partial charge on any atom is -0.367 e. The fourth-order valence-electron chi connectivity index (χ4n) is 3.27. The van der Waals surface area contributed by atoms with Gasteiger partial charge < -0.3 is 15.5 Å². The third-order valence-electron chi connectivity index (χ3n) is 4.80. The molecule has 0 spiro atoms. The smallest absolute Gasteiger partial charge is 0.235 e. The van der Waals surface area contributed by atoms with E-state index in [1.54, 1.807) is 19.2 Å². The Kier molecular flexibility index (Phi) is 4.24. The number of rotatable bonds is 4.